The standard InChI is InChI=1S/C22H31N3O5/c1-30-19-9-5-4-8-16(19)17-13-25(11-10-24-17)20(21(23)27)18(26)12-14-6-2-3-7-15(14)22(28)29/h2-5,8-9,14-15,17-18,20,24,26H,6-7,10-13H2,1H3,(H2,23,27)(H,28,29). The molecular formula is C22H31N3O5. The number of carboxylic acid groups (broad SMARTS) is 1. The number of methoxy groups -OCH3 is 1. The number of allylic oxidation sites excluding steroid dienone is 2. The second-order valence-corrected chi connectivity index (χ2v) is 8.04. The summed E-state index contributed by atoms with van der Waals surface area (Å²) in [5.41, 5.74) is 6.67. The third kappa shape index (κ3) is 5.00. The van der Waals surface area contributed by atoms with Gasteiger partial charge in [-0.3, -0.25) is 14.5 Å². The van der Waals surface area contributed by atoms with Crippen LogP contribution in [-0.2, 0) is 9.59 Å². The fourth-order valence-corrected chi connectivity index (χ4v) is 4.67. The smallest absolute Gasteiger partial charge is 0.307 e. The molecule has 8 nitrogen and oxygen atoms in total. The molecule has 1 aromatic carbocycles. The van der Waals surface area contributed by atoms with Crippen molar-refractivity contribution in [1.82, 2.24) is 10.2 Å². The Morgan fingerprint density at radius 3 is 2.73 bits per heavy atom. The zero-order valence-electron chi connectivity index (χ0n) is 17.2. The number of piperazine rings is 1. The monoisotopic (exact) mass is 417 g/mol. The van der Waals surface area contributed by atoms with Crippen LogP contribution in [0, 0.1) is 11.8 Å². The third-order valence-corrected chi connectivity index (χ3v) is 6.20. The molecule has 1 aromatic rings. The first-order chi connectivity index (χ1) is 14.4. The van der Waals surface area contributed by atoms with E-state index >= 15 is 0 Å². The molecule has 0 saturated carbocycles. The number of carboxylic acids is 1. The lowest BCUT2D eigenvalue weighted by Gasteiger charge is -2.40. The van der Waals surface area contributed by atoms with Crippen molar-refractivity contribution >= 4 is 11.9 Å². The molecule has 5 N–H and O–H groups in total. The summed E-state index contributed by atoms with van der Waals surface area (Å²) in [6.45, 7) is 1.67. The van der Waals surface area contributed by atoms with Gasteiger partial charge in [-0.25, -0.2) is 0 Å². The maximum Gasteiger partial charge on any atom is 0.307 e. The van der Waals surface area contributed by atoms with Crippen molar-refractivity contribution in [2.75, 3.05) is 26.7 Å². The number of ether oxygens (including phenoxy) is 1. The van der Waals surface area contributed by atoms with Gasteiger partial charge in [-0.1, -0.05) is 30.4 Å². The molecule has 0 radical (unpaired) electrons. The zero-order chi connectivity index (χ0) is 21.7. The van der Waals surface area contributed by atoms with Crippen molar-refractivity contribution in [1.29, 1.82) is 0 Å². The quantitative estimate of drug-likeness (QED) is 0.463. The highest BCUT2D eigenvalue weighted by Crippen LogP contribution is 2.32. The Kier molecular flexibility index (Phi) is 7.47. The minimum atomic E-state index is -1.03. The van der Waals surface area contributed by atoms with Crippen LogP contribution in [0.2, 0.25) is 0 Å². The zero-order valence-corrected chi connectivity index (χ0v) is 17.2. The number of primary amides is 1. The SMILES string of the molecule is COc1ccccc1C1CN(C(C(N)=O)C(O)CC2CC=CCC2C(=O)O)CCN1. The molecule has 8 heteroatoms. The summed E-state index contributed by atoms with van der Waals surface area (Å²) in [6, 6.07) is 6.75. The Bertz CT molecular complexity index is 784. The van der Waals surface area contributed by atoms with Crippen LogP contribution in [0.4, 0.5) is 0 Å². The lowest BCUT2D eigenvalue weighted by molar-refractivity contribution is -0.144. The van der Waals surface area contributed by atoms with Crippen molar-refractivity contribution in [3.05, 3.63) is 42.0 Å². The van der Waals surface area contributed by atoms with E-state index in [1.54, 1.807) is 7.11 Å². The Labute approximate surface area is 176 Å². The topological polar surface area (TPSA) is 125 Å². The van der Waals surface area contributed by atoms with Gasteiger partial charge in [0.05, 0.1) is 19.1 Å². The Hall–Kier alpha value is -2.42. The number of carbonyl (C=O) groups is 2. The molecule has 164 valence electrons. The number of nitrogens with one attached hydrogen (secondary N) is 1. The molecule has 5 atom stereocenters. The number of hydrogen-bond acceptors (Lipinski definition) is 6. The summed E-state index contributed by atoms with van der Waals surface area (Å²) < 4.78 is 5.46. The fourth-order valence-electron chi connectivity index (χ4n) is 4.67. The van der Waals surface area contributed by atoms with Crippen LogP contribution in [-0.4, -0.2) is 65.9 Å². The average Bonchev–Trinajstić information content (AvgIpc) is 2.74. The van der Waals surface area contributed by atoms with E-state index in [0.717, 1.165) is 11.3 Å². The van der Waals surface area contributed by atoms with Crippen molar-refractivity contribution in [3.63, 3.8) is 0 Å². The minimum absolute atomic E-state index is 0.0756. The second kappa shape index (κ2) is 10.1. The van der Waals surface area contributed by atoms with Crippen molar-refractivity contribution < 1.29 is 24.5 Å². The highest BCUT2D eigenvalue weighted by atomic mass is 16.5. The molecule has 1 saturated heterocycles. The van der Waals surface area contributed by atoms with E-state index in [0.29, 0.717) is 32.5 Å². The van der Waals surface area contributed by atoms with Crippen LogP contribution < -0.4 is 15.8 Å². The summed E-state index contributed by atoms with van der Waals surface area (Å²) in [7, 11) is 1.62. The molecule has 1 heterocycles. The second-order valence-electron chi connectivity index (χ2n) is 8.04. The third-order valence-electron chi connectivity index (χ3n) is 6.20. The van der Waals surface area contributed by atoms with E-state index in [4.69, 9.17) is 10.5 Å². The molecule has 1 fully saturated rings. The van der Waals surface area contributed by atoms with Gasteiger partial charge in [0.2, 0.25) is 5.91 Å². The molecule has 0 spiro atoms. The summed E-state index contributed by atoms with van der Waals surface area (Å²) in [4.78, 5) is 25.8. The first-order valence-electron chi connectivity index (χ1n) is 10.4. The molecule has 2 aliphatic rings. The first-order valence-corrected chi connectivity index (χ1v) is 10.4. The van der Waals surface area contributed by atoms with E-state index in [1.165, 1.54) is 0 Å². The highest BCUT2D eigenvalue weighted by molar-refractivity contribution is 5.80. The van der Waals surface area contributed by atoms with E-state index in [1.807, 2.05) is 41.3 Å². The maximum absolute atomic E-state index is 12.3. The number of carbonyl (C=O) groups excluding carboxylic acids is 1. The number of benzene rings is 1. The number of amides is 1. The molecule has 0 bridgehead atoms. The van der Waals surface area contributed by atoms with Crippen LogP contribution in [0.3, 0.4) is 0 Å². The summed E-state index contributed by atoms with van der Waals surface area (Å²) in [6.07, 6.45) is 4.01. The minimum Gasteiger partial charge on any atom is -0.496 e. The lowest BCUT2D eigenvalue weighted by atomic mass is 9.78. The number of aliphatic hydroxyl groups excluding tert-OH is 1. The fraction of sp³-hybridized carbons (Fsp3) is 0.545. The van der Waals surface area contributed by atoms with Gasteiger partial charge in [0.1, 0.15) is 11.8 Å². The van der Waals surface area contributed by atoms with Crippen molar-refractivity contribution in [2.45, 2.75) is 37.5 Å². The predicted octanol–water partition coefficient (Wildman–Crippen LogP) is 0.913. The van der Waals surface area contributed by atoms with Gasteiger partial charge in [0.25, 0.3) is 0 Å². The average molecular weight is 418 g/mol. The molecule has 0 aromatic heterocycles. The van der Waals surface area contributed by atoms with Crippen LogP contribution in [0.25, 0.3) is 0 Å². The Morgan fingerprint density at radius 1 is 1.30 bits per heavy atom. The molecule has 1 amide bonds. The van der Waals surface area contributed by atoms with E-state index in [-0.39, 0.29) is 18.4 Å². The maximum atomic E-state index is 12.3. The molecule has 5 unspecified atom stereocenters. The van der Waals surface area contributed by atoms with Gasteiger partial charge >= 0.3 is 5.97 Å². The van der Waals surface area contributed by atoms with Crippen LogP contribution in [0.5, 0.6) is 5.75 Å². The van der Waals surface area contributed by atoms with Crippen LogP contribution in [0.15, 0.2) is 36.4 Å². The normalized spacial score (nSPS) is 26.7. The number of para-hydroxylation sites is 1. The Balaban J connectivity index is 1.74. The largest absolute Gasteiger partial charge is 0.496 e. The molecule has 30 heavy (non-hydrogen) atoms. The van der Waals surface area contributed by atoms with Gasteiger partial charge in [-0.05, 0) is 31.2 Å². The number of aliphatic hydroxyl groups is 1. The van der Waals surface area contributed by atoms with E-state index in [9.17, 15) is 19.8 Å². The number of hydrogen-bond donors (Lipinski definition) is 4. The van der Waals surface area contributed by atoms with Crippen LogP contribution in [0.1, 0.15) is 30.9 Å². The number of rotatable bonds is 8. The summed E-state index contributed by atoms with van der Waals surface area (Å²) in [5, 5.41) is 23.9. The van der Waals surface area contributed by atoms with Gasteiger partial charge in [0, 0.05) is 31.2 Å². The lowest BCUT2D eigenvalue weighted by Crippen LogP contribution is -2.58. The van der Waals surface area contributed by atoms with Gasteiger partial charge in [-0.15, -0.1) is 0 Å². The highest BCUT2D eigenvalue weighted by Gasteiger charge is 2.38. The van der Waals surface area contributed by atoms with E-state index in [2.05, 4.69) is 5.32 Å². The first kappa shape index (κ1) is 22.3. The van der Waals surface area contributed by atoms with Crippen molar-refractivity contribution in [2.24, 2.45) is 17.6 Å². The van der Waals surface area contributed by atoms with Gasteiger partial charge in [-0.2, -0.15) is 0 Å². The number of nitrogens with zero attached hydrogens (tertiary/aromatic N) is 1. The van der Waals surface area contributed by atoms with Gasteiger partial charge in [0.15, 0.2) is 0 Å². The summed E-state index contributed by atoms with van der Waals surface area (Å²) >= 11 is 0. The molecule has 3 rings (SSSR count). The molecule has 1 aliphatic heterocycles. The number of nitrogens with two attached hydrogens (primary N) is 1. The van der Waals surface area contributed by atoms with Crippen molar-refractivity contribution in [3.8, 4) is 5.75 Å². The molecule has 1 aliphatic carbocycles. The molecular weight excluding hydrogens is 386 g/mol. The van der Waals surface area contributed by atoms with E-state index < -0.39 is 29.9 Å². The number of aliphatic carboxylic acids is 1. The van der Waals surface area contributed by atoms with Gasteiger partial charge < -0.3 is 26.0 Å². The predicted molar refractivity (Wildman–Crippen MR) is 112 cm³/mol. The Morgan fingerprint density at radius 2 is 2.03 bits per heavy atom. The summed E-state index contributed by atoms with van der Waals surface area (Å²) in [5.74, 6) is -1.49. The van der Waals surface area contributed by atoms with Crippen LogP contribution >= 0.6 is 0 Å².